The van der Waals surface area contributed by atoms with Crippen LogP contribution in [0.1, 0.15) is 6.42 Å². The summed E-state index contributed by atoms with van der Waals surface area (Å²) in [6.07, 6.45) is 3.06. The van der Waals surface area contributed by atoms with Crippen LogP contribution in [-0.4, -0.2) is 23.0 Å². The molecule has 0 aromatic carbocycles. The van der Waals surface area contributed by atoms with E-state index in [-0.39, 0.29) is 0 Å². The van der Waals surface area contributed by atoms with Gasteiger partial charge in [-0.25, -0.2) is 4.98 Å². The number of halogens is 2. The Bertz CT molecular complexity index is 342. The van der Waals surface area contributed by atoms with Gasteiger partial charge in [0.1, 0.15) is 5.82 Å². The third-order valence-electron chi connectivity index (χ3n) is 2.39. The Balaban J connectivity index is 1.92. The molecule has 0 saturated carbocycles. The lowest BCUT2D eigenvalue weighted by molar-refractivity contribution is 0.630. The van der Waals surface area contributed by atoms with E-state index < -0.39 is 0 Å². The van der Waals surface area contributed by atoms with Crippen molar-refractivity contribution in [2.45, 2.75) is 6.42 Å². The van der Waals surface area contributed by atoms with Crippen LogP contribution in [0.3, 0.4) is 0 Å². The Morgan fingerprint density at radius 3 is 3.20 bits per heavy atom. The molecule has 82 valence electrons. The van der Waals surface area contributed by atoms with Gasteiger partial charge in [0, 0.05) is 17.2 Å². The van der Waals surface area contributed by atoms with Gasteiger partial charge >= 0.3 is 0 Å². The van der Waals surface area contributed by atoms with Crippen molar-refractivity contribution in [1.82, 2.24) is 4.98 Å². The molecule has 1 saturated heterocycles. The summed E-state index contributed by atoms with van der Waals surface area (Å²) in [7, 11) is 0. The van der Waals surface area contributed by atoms with Crippen molar-refractivity contribution in [3.05, 3.63) is 21.8 Å². The monoisotopic (exact) mass is 306 g/mol. The molecule has 1 aliphatic rings. The molecule has 1 aliphatic heterocycles. The highest BCUT2D eigenvalue weighted by Gasteiger charge is 2.15. The summed E-state index contributed by atoms with van der Waals surface area (Å²) in [6, 6.07) is 1.86. The summed E-state index contributed by atoms with van der Waals surface area (Å²) in [5, 5.41) is 3.98. The van der Waals surface area contributed by atoms with Gasteiger partial charge in [-0.2, -0.15) is 11.8 Å². The van der Waals surface area contributed by atoms with Crippen LogP contribution in [0.2, 0.25) is 5.02 Å². The summed E-state index contributed by atoms with van der Waals surface area (Å²) in [4.78, 5) is 4.24. The third kappa shape index (κ3) is 3.26. The summed E-state index contributed by atoms with van der Waals surface area (Å²) in [5.74, 6) is 4.09. The number of hydrogen-bond donors (Lipinski definition) is 1. The molecule has 2 heterocycles. The van der Waals surface area contributed by atoms with Crippen molar-refractivity contribution >= 4 is 45.1 Å². The van der Waals surface area contributed by atoms with Crippen molar-refractivity contribution in [3.8, 4) is 0 Å². The second kappa shape index (κ2) is 5.41. The number of pyridine rings is 1. The molecular formula is C10H12BrClN2S. The van der Waals surface area contributed by atoms with Gasteiger partial charge in [-0.1, -0.05) is 11.6 Å². The second-order valence-electron chi connectivity index (χ2n) is 3.59. The number of thioether (sulfide) groups is 1. The Morgan fingerprint density at radius 1 is 1.67 bits per heavy atom. The molecule has 2 rings (SSSR count). The Labute approximate surface area is 107 Å². The summed E-state index contributed by atoms with van der Waals surface area (Å²) >= 11 is 11.4. The molecule has 0 bridgehead atoms. The average molecular weight is 308 g/mol. The lowest BCUT2D eigenvalue weighted by atomic mass is 10.1. The Hall–Kier alpha value is 0.0700. The molecule has 2 nitrogen and oxygen atoms in total. The van der Waals surface area contributed by atoms with Gasteiger partial charge in [0.15, 0.2) is 0 Å². The van der Waals surface area contributed by atoms with Crippen molar-refractivity contribution < 1.29 is 0 Å². The molecular weight excluding hydrogens is 296 g/mol. The van der Waals surface area contributed by atoms with Gasteiger partial charge < -0.3 is 5.32 Å². The van der Waals surface area contributed by atoms with E-state index in [2.05, 4.69) is 26.2 Å². The number of anilines is 1. The first kappa shape index (κ1) is 11.6. The molecule has 1 aromatic heterocycles. The SMILES string of the molecule is Clc1cc(Br)cnc1NCC1CCSC1. The first-order chi connectivity index (χ1) is 7.25. The highest BCUT2D eigenvalue weighted by atomic mass is 79.9. The van der Waals surface area contributed by atoms with Crippen LogP contribution < -0.4 is 5.32 Å². The molecule has 1 unspecified atom stereocenters. The van der Waals surface area contributed by atoms with E-state index in [9.17, 15) is 0 Å². The molecule has 5 heteroatoms. The van der Waals surface area contributed by atoms with E-state index in [0.29, 0.717) is 5.02 Å². The van der Waals surface area contributed by atoms with Crippen LogP contribution in [0.25, 0.3) is 0 Å². The number of nitrogens with zero attached hydrogens (tertiary/aromatic N) is 1. The molecule has 0 spiro atoms. The van der Waals surface area contributed by atoms with Crippen molar-refractivity contribution in [2.24, 2.45) is 5.92 Å². The van der Waals surface area contributed by atoms with Gasteiger partial charge in [0.25, 0.3) is 0 Å². The van der Waals surface area contributed by atoms with Crippen LogP contribution in [0, 0.1) is 5.92 Å². The molecule has 1 atom stereocenters. The molecule has 1 N–H and O–H groups in total. The lowest BCUT2D eigenvalue weighted by Gasteiger charge is -2.11. The zero-order chi connectivity index (χ0) is 10.7. The summed E-state index contributed by atoms with van der Waals surface area (Å²) in [5.41, 5.74) is 0. The maximum atomic E-state index is 6.05. The predicted molar refractivity (Wildman–Crippen MR) is 70.9 cm³/mol. The Morgan fingerprint density at radius 2 is 2.53 bits per heavy atom. The maximum Gasteiger partial charge on any atom is 0.144 e. The van der Waals surface area contributed by atoms with E-state index >= 15 is 0 Å². The van der Waals surface area contributed by atoms with Gasteiger partial charge in [0.2, 0.25) is 0 Å². The van der Waals surface area contributed by atoms with Crippen LogP contribution in [0.4, 0.5) is 5.82 Å². The third-order valence-corrected chi connectivity index (χ3v) is 4.34. The minimum atomic E-state index is 0.676. The average Bonchev–Trinajstić information content (AvgIpc) is 2.69. The molecule has 1 aromatic rings. The lowest BCUT2D eigenvalue weighted by Crippen LogP contribution is -2.14. The fourth-order valence-electron chi connectivity index (χ4n) is 1.53. The van der Waals surface area contributed by atoms with Gasteiger partial charge in [-0.15, -0.1) is 0 Å². The largest absolute Gasteiger partial charge is 0.369 e. The maximum absolute atomic E-state index is 6.05. The zero-order valence-corrected chi connectivity index (χ0v) is 11.3. The van der Waals surface area contributed by atoms with E-state index in [1.54, 1.807) is 6.20 Å². The molecule has 1 fully saturated rings. The molecule has 15 heavy (non-hydrogen) atoms. The van der Waals surface area contributed by atoms with Gasteiger partial charge in [0.05, 0.1) is 5.02 Å². The minimum absolute atomic E-state index is 0.676. The van der Waals surface area contributed by atoms with Crippen LogP contribution in [0.15, 0.2) is 16.7 Å². The number of aromatic nitrogens is 1. The molecule has 0 radical (unpaired) electrons. The summed E-state index contributed by atoms with van der Waals surface area (Å²) in [6.45, 7) is 0.974. The van der Waals surface area contributed by atoms with Gasteiger partial charge in [-0.05, 0) is 45.8 Å². The van der Waals surface area contributed by atoms with Gasteiger partial charge in [-0.3, -0.25) is 0 Å². The van der Waals surface area contributed by atoms with Crippen molar-refractivity contribution in [3.63, 3.8) is 0 Å². The van der Waals surface area contributed by atoms with E-state index in [1.165, 1.54) is 17.9 Å². The van der Waals surface area contributed by atoms with Crippen LogP contribution in [-0.2, 0) is 0 Å². The standard InChI is InChI=1S/C10H12BrClN2S/c11-8-3-9(12)10(14-5-8)13-4-7-1-2-15-6-7/h3,5,7H,1-2,4,6H2,(H,13,14). The smallest absolute Gasteiger partial charge is 0.144 e. The van der Waals surface area contributed by atoms with E-state index in [0.717, 1.165) is 22.8 Å². The normalized spacial score (nSPS) is 20.5. The fraction of sp³-hybridized carbons (Fsp3) is 0.500. The highest BCUT2D eigenvalue weighted by Crippen LogP contribution is 2.26. The van der Waals surface area contributed by atoms with Crippen LogP contribution in [0.5, 0.6) is 0 Å². The number of nitrogens with one attached hydrogen (secondary N) is 1. The van der Waals surface area contributed by atoms with Crippen molar-refractivity contribution in [2.75, 3.05) is 23.4 Å². The summed E-state index contributed by atoms with van der Waals surface area (Å²) < 4.78 is 0.912. The first-order valence-corrected chi connectivity index (χ1v) is 7.21. The van der Waals surface area contributed by atoms with Crippen molar-refractivity contribution in [1.29, 1.82) is 0 Å². The quantitative estimate of drug-likeness (QED) is 0.922. The second-order valence-corrected chi connectivity index (χ2v) is 6.07. The number of hydrogen-bond acceptors (Lipinski definition) is 3. The minimum Gasteiger partial charge on any atom is -0.369 e. The topological polar surface area (TPSA) is 24.9 Å². The zero-order valence-electron chi connectivity index (χ0n) is 8.17. The highest BCUT2D eigenvalue weighted by molar-refractivity contribution is 9.10. The van der Waals surface area contributed by atoms with E-state index in [1.807, 2.05) is 17.8 Å². The van der Waals surface area contributed by atoms with Crippen LogP contribution >= 0.6 is 39.3 Å². The number of rotatable bonds is 3. The fourth-order valence-corrected chi connectivity index (χ4v) is 3.51. The molecule has 0 amide bonds. The molecule has 0 aliphatic carbocycles. The Kier molecular flexibility index (Phi) is 4.17. The predicted octanol–water partition coefficient (Wildman–Crippen LogP) is 3.66. The van der Waals surface area contributed by atoms with E-state index in [4.69, 9.17) is 11.6 Å². The first-order valence-electron chi connectivity index (χ1n) is 4.88.